The van der Waals surface area contributed by atoms with E-state index in [4.69, 9.17) is 0 Å². The average Bonchev–Trinajstić information content (AvgIpc) is 2.46. The van der Waals surface area contributed by atoms with E-state index in [1.165, 1.54) is 12.1 Å². The Balaban J connectivity index is 0.000000231. The van der Waals surface area contributed by atoms with Gasteiger partial charge in [0, 0.05) is 26.6 Å². The molecule has 9 heteroatoms. The first-order chi connectivity index (χ1) is 10.8. The molecule has 0 N–H and O–H groups in total. The molecule has 0 saturated heterocycles. The first-order valence-corrected chi connectivity index (χ1v) is 7.87. The molecule has 0 fully saturated rings. The van der Waals surface area contributed by atoms with Crippen molar-refractivity contribution in [1.29, 1.82) is 0 Å². The Kier molecular flexibility index (Phi) is 7.24. The maximum Gasteiger partial charge on any atom is 0.304 e. The molecule has 0 saturated carbocycles. The molecule has 2 aromatic carbocycles. The van der Waals surface area contributed by atoms with Crippen LogP contribution in [0.3, 0.4) is 0 Å². The average molecular weight is 450 g/mol. The van der Waals surface area contributed by atoms with E-state index in [9.17, 15) is 24.6 Å². The van der Waals surface area contributed by atoms with Gasteiger partial charge >= 0.3 is 5.69 Å². The second-order valence-corrected chi connectivity index (χ2v) is 6.07. The highest BCUT2D eigenvalue weighted by Gasteiger charge is 2.12. The van der Waals surface area contributed by atoms with Gasteiger partial charge in [0.25, 0.3) is 5.69 Å². The quantitative estimate of drug-likeness (QED) is 0.462. The molecule has 0 unspecified atom stereocenters. The largest absolute Gasteiger partial charge is 0.304 e. The van der Waals surface area contributed by atoms with Crippen LogP contribution in [0.2, 0.25) is 0 Å². The fourth-order valence-corrected chi connectivity index (χ4v) is 2.39. The number of rotatable bonds is 3. The summed E-state index contributed by atoms with van der Waals surface area (Å²) in [4.78, 5) is 19.4. The Hall–Kier alpha value is -1.87. The molecule has 0 radical (unpaired) electrons. The van der Waals surface area contributed by atoms with Crippen LogP contribution in [0, 0.1) is 26.0 Å². The van der Waals surface area contributed by atoms with Crippen LogP contribution in [0.5, 0.6) is 0 Å². The van der Waals surface area contributed by atoms with Crippen LogP contribution < -0.4 is 0 Å². The van der Waals surface area contributed by atoms with Gasteiger partial charge in [-0.3, -0.25) is 20.2 Å². The number of nitro groups is 2. The zero-order valence-electron chi connectivity index (χ0n) is 11.8. The molecule has 0 aliphatic rings. The minimum Gasteiger partial charge on any atom is -0.258 e. The van der Waals surface area contributed by atoms with Gasteiger partial charge in [0.2, 0.25) is 5.82 Å². The summed E-state index contributed by atoms with van der Waals surface area (Å²) in [6.45, 7) is 1.90. The summed E-state index contributed by atoms with van der Waals surface area (Å²) >= 11 is 6.25. The van der Waals surface area contributed by atoms with Crippen LogP contribution in [-0.2, 0) is 6.42 Å². The molecule has 6 nitrogen and oxygen atoms in total. The molecule has 0 bridgehead atoms. The highest BCUT2D eigenvalue weighted by Crippen LogP contribution is 2.23. The zero-order valence-corrected chi connectivity index (χ0v) is 15.0. The smallest absolute Gasteiger partial charge is 0.258 e. The first kappa shape index (κ1) is 19.2. The Labute approximate surface area is 147 Å². The summed E-state index contributed by atoms with van der Waals surface area (Å²) < 4.78 is 14.0. The van der Waals surface area contributed by atoms with E-state index in [1.54, 1.807) is 12.1 Å². The molecule has 0 aromatic heterocycles. The molecule has 2 aromatic rings. The van der Waals surface area contributed by atoms with Crippen molar-refractivity contribution in [2.75, 3.05) is 0 Å². The molecule has 122 valence electrons. The Morgan fingerprint density at radius 2 is 1.43 bits per heavy atom. The Morgan fingerprint density at radius 1 is 0.957 bits per heavy atom. The molecule has 2 rings (SSSR count). The molecule has 0 aliphatic carbocycles. The molecule has 0 atom stereocenters. The van der Waals surface area contributed by atoms with E-state index in [2.05, 4.69) is 31.9 Å². The van der Waals surface area contributed by atoms with E-state index < -0.39 is 16.4 Å². The van der Waals surface area contributed by atoms with E-state index in [1.807, 2.05) is 6.92 Å². The van der Waals surface area contributed by atoms with E-state index in [-0.39, 0.29) is 10.6 Å². The summed E-state index contributed by atoms with van der Waals surface area (Å²) in [5, 5.41) is 20.6. The predicted octanol–water partition coefficient (Wildman–Crippen LogP) is 5.42. The lowest BCUT2D eigenvalue weighted by Crippen LogP contribution is -1.93. The van der Waals surface area contributed by atoms with Gasteiger partial charge in [-0.2, -0.15) is 4.39 Å². The SMILES string of the molecule is CCc1cc(Br)ccc1[N+](=O)[O-].O=[N+]([O-])c1ccc(Br)cc1F. The lowest BCUT2D eigenvalue weighted by atomic mass is 10.1. The van der Waals surface area contributed by atoms with Crippen LogP contribution in [-0.4, -0.2) is 9.85 Å². The van der Waals surface area contributed by atoms with Crippen LogP contribution in [0.1, 0.15) is 12.5 Å². The van der Waals surface area contributed by atoms with Gasteiger partial charge in [0.05, 0.1) is 9.85 Å². The van der Waals surface area contributed by atoms with Crippen molar-refractivity contribution in [2.24, 2.45) is 0 Å². The fourth-order valence-electron chi connectivity index (χ4n) is 1.64. The molecule has 0 amide bonds. The summed E-state index contributed by atoms with van der Waals surface area (Å²) in [5.41, 5.74) is 0.447. The van der Waals surface area contributed by atoms with Crippen molar-refractivity contribution in [2.45, 2.75) is 13.3 Å². The van der Waals surface area contributed by atoms with Crippen molar-refractivity contribution >= 4 is 43.2 Å². The highest BCUT2D eigenvalue weighted by atomic mass is 79.9. The first-order valence-electron chi connectivity index (χ1n) is 6.28. The molecular weight excluding hydrogens is 439 g/mol. The van der Waals surface area contributed by atoms with Gasteiger partial charge in [0.1, 0.15) is 0 Å². The van der Waals surface area contributed by atoms with Crippen LogP contribution in [0.15, 0.2) is 45.3 Å². The second-order valence-electron chi connectivity index (χ2n) is 4.24. The summed E-state index contributed by atoms with van der Waals surface area (Å²) in [6.07, 6.45) is 0.676. The summed E-state index contributed by atoms with van der Waals surface area (Å²) in [5.74, 6) is -0.829. The van der Waals surface area contributed by atoms with Crippen molar-refractivity contribution in [3.63, 3.8) is 0 Å². The number of aryl methyl sites for hydroxylation is 1. The normalized spacial score (nSPS) is 9.74. The predicted molar refractivity (Wildman–Crippen MR) is 90.9 cm³/mol. The topological polar surface area (TPSA) is 86.3 Å². The van der Waals surface area contributed by atoms with Crippen molar-refractivity contribution in [1.82, 2.24) is 0 Å². The third-order valence-electron chi connectivity index (χ3n) is 2.73. The number of hydrogen-bond acceptors (Lipinski definition) is 4. The maximum atomic E-state index is 12.6. The molecule has 0 spiro atoms. The second kappa shape index (κ2) is 8.68. The Morgan fingerprint density at radius 3 is 1.87 bits per heavy atom. The molecule has 0 heterocycles. The van der Waals surface area contributed by atoms with Crippen LogP contribution >= 0.6 is 31.9 Å². The van der Waals surface area contributed by atoms with E-state index in [0.717, 1.165) is 22.2 Å². The number of nitro benzene ring substituents is 2. The lowest BCUT2D eigenvalue weighted by Gasteiger charge is -1.99. The highest BCUT2D eigenvalue weighted by molar-refractivity contribution is 9.10. The van der Waals surface area contributed by atoms with Gasteiger partial charge in [0.15, 0.2) is 0 Å². The van der Waals surface area contributed by atoms with Gasteiger partial charge in [-0.25, -0.2) is 0 Å². The number of hydrogen-bond donors (Lipinski definition) is 0. The fraction of sp³-hybridized carbons (Fsp3) is 0.143. The number of nitrogens with zero attached hydrogens (tertiary/aromatic N) is 2. The van der Waals surface area contributed by atoms with Crippen molar-refractivity contribution < 1.29 is 14.2 Å². The Bertz CT molecular complexity index is 741. The maximum absolute atomic E-state index is 12.6. The molecule has 23 heavy (non-hydrogen) atoms. The minimum absolute atomic E-state index is 0.195. The third kappa shape index (κ3) is 5.68. The lowest BCUT2D eigenvalue weighted by molar-refractivity contribution is -0.387. The van der Waals surface area contributed by atoms with Crippen LogP contribution in [0.25, 0.3) is 0 Å². The summed E-state index contributed by atoms with van der Waals surface area (Å²) in [7, 11) is 0. The van der Waals surface area contributed by atoms with Gasteiger partial charge in [-0.1, -0.05) is 38.8 Å². The minimum atomic E-state index is -0.829. The van der Waals surface area contributed by atoms with Crippen LogP contribution in [0.4, 0.5) is 15.8 Å². The van der Waals surface area contributed by atoms with Gasteiger partial charge in [-0.05, 0) is 30.7 Å². The number of halogens is 3. The summed E-state index contributed by atoms with van der Waals surface area (Å²) in [6, 6.07) is 8.55. The van der Waals surface area contributed by atoms with Crippen molar-refractivity contribution in [3.8, 4) is 0 Å². The van der Waals surface area contributed by atoms with Crippen molar-refractivity contribution in [3.05, 3.63) is 77.0 Å². The zero-order chi connectivity index (χ0) is 17.6. The van der Waals surface area contributed by atoms with Gasteiger partial charge in [-0.15, -0.1) is 0 Å². The number of benzene rings is 2. The van der Waals surface area contributed by atoms with E-state index in [0.29, 0.717) is 10.9 Å². The standard InChI is InChI=1S/C8H8BrNO2.C6H3BrFNO2/c1-2-6-5-7(9)3-4-8(6)10(11)12;7-4-1-2-6(9(10)11)5(8)3-4/h3-5H,2H2,1H3;1-3H. The van der Waals surface area contributed by atoms with Gasteiger partial charge < -0.3 is 0 Å². The monoisotopic (exact) mass is 448 g/mol. The molecular formula is C14H11Br2FN2O4. The molecule has 0 aliphatic heterocycles. The third-order valence-corrected chi connectivity index (χ3v) is 3.71. The van der Waals surface area contributed by atoms with E-state index >= 15 is 0 Å².